The predicted molar refractivity (Wildman–Crippen MR) is 104 cm³/mol. The zero-order valence-corrected chi connectivity index (χ0v) is 15.9. The molecule has 0 N–H and O–H groups in total. The number of imide groups is 1. The summed E-state index contributed by atoms with van der Waals surface area (Å²) in [6, 6.07) is 10.7. The number of anilines is 1. The first kappa shape index (κ1) is 18.9. The molecule has 1 saturated heterocycles. The van der Waals surface area contributed by atoms with Crippen molar-refractivity contribution in [3.05, 3.63) is 52.6 Å². The number of hydrogen-bond acceptors (Lipinski definition) is 6. The normalized spacial score (nSPS) is 21.1. The molecule has 150 valence electrons. The molecule has 1 aliphatic heterocycles. The summed E-state index contributed by atoms with van der Waals surface area (Å²) in [6.07, 6.45) is 3.18. The monoisotopic (exact) mass is 396 g/mol. The molecule has 2 aliphatic rings. The number of benzene rings is 2. The Balaban J connectivity index is 1.69. The molecule has 8 nitrogen and oxygen atoms in total. The van der Waals surface area contributed by atoms with Gasteiger partial charge in [-0.3, -0.25) is 19.7 Å². The van der Waals surface area contributed by atoms with E-state index in [4.69, 9.17) is 9.47 Å². The van der Waals surface area contributed by atoms with Crippen LogP contribution in [0, 0.1) is 22.0 Å². The molecule has 29 heavy (non-hydrogen) atoms. The molecule has 2 unspecified atom stereocenters. The van der Waals surface area contributed by atoms with Crippen molar-refractivity contribution in [3.8, 4) is 17.2 Å². The van der Waals surface area contributed by atoms with Crippen molar-refractivity contribution in [1.29, 1.82) is 0 Å². The highest BCUT2D eigenvalue weighted by Gasteiger charge is 2.49. The number of carbonyl (C=O) groups is 2. The fraction of sp³-hybridized carbons (Fsp3) is 0.333. The van der Waals surface area contributed by atoms with E-state index < -0.39 is 4.92 Å². The van der Waals surface area contributed by atoms with Gasteiger partial charge in [-0.15, -0.1) is 0 Å². The number of fused-ring (bicyclic) bond motifs is 1. The number of nitro benzene ring substituents is 1. The SMILES string of the molecule is COc1ccc(Oc2cc(N3C(=O)C4CCCCC4C3=O)cc([N+](=O)[O-])c2)cc1. The second-order valence-corrected chi connectivity index (χ2v) is 7.23. The summed E-state index contributed by atoms with van der Waals surface area (Å²) in [6.45, 7) is 0. The first-order chi connectivity index (χ1) is 14.0. The predicted octanol–water partition coefficient (Wildman–Crippen LogP) is 4.08. The Morgan fingerprint density at radius 2 is 1.52 bits per heavy atom. The van der Waals surface area contributed by atoms with E-state index in [1.807, 2.05) is 0 Å². The third kappa shape index (κ3) is 3.53. The van der Waals surface area contributed by atoms with Crippen molar-refractivity contribution in [1.82, 2.24) is 0 Å². The third-order valence-electron chi connectivity index (χ3n) is 5.48. The second-order valence-electron chi connectivity index (χ2n) is 7.23. The quantitative estimate of drug-likeness (QED) is 0.429. The number of nitro groups is 1. The summed E-state index contributed by atoms with van der Waals surface area (Å²) >= 11 is 0. The Morgan fingerprint density at radius 1 is 0.931 bits per heavy atom. The minimum absolute atomic E-state index is 0.173. The van der Waals surface area contributed by atoms with Crippen molar-refractivity contribution < 1.29 is 24.0 Å². The molecule has 2 aromatic rings. The van der Waals surface area contributed by atoms with Gasteiger partial charge >= 0.3 is 0 Å². The number of ether oxygens (including phenoxy) is 2. The van der Waals surface area contributed by atoms with Crippen molar-refractivity contribution in [2.75, 3.05) is 12.0 Å². The molecule has 2 aromatic carbocycles. The first-order valence-corrected chi connectivity index (χ1v) is 9.47. The van der Waals surface area contributed by atoms with E-state index in [9.17, 15) is 19.7 Å². The van der Waals surface area contributed by atoms with Gasteiger partial charge in [0.25, 0.3) is 5.69 Å². The Labute approximate surface area is 167 Å². The highest BCUT2D eigenvalue weighted by Crippen LogP contribution is 2.42. The maximum Gasteiger partial charge on any atom is 0.275 e. The maximum atomic E-state index is 12.9. The van der Waals surface area contributed by atoms with Gasteiger partial charge < -0.3 is 9.47 Å². The van der Waals surface area contributed by atoms with E-state index in [-0.39, 0.29) is 40.8 Å². The van der Waals surface area contributed by atoms with E-state index >= 15 is 0 Å². The lowest BCUT2D eigenvalue weighted by molar-refractivity contribution is -0.384. The molecule has 8 heteroatoms. The largest absolute Gasteiger partial charge is 0.497 e. The maximum absolute atomic E-state index is 12.9. The van der Waals surface area contributed by atoms with Gasteiger partial charge in [-0.25, -0.2) is 4.90 Å². The van der Waals surface area contributed by atoms with Gasteiger partial charge in [-0.05, 0) is 37.1 Å². The summed E-state index contributed by atoms with van der Waals surface area (Å²) in [5, 5.41) is 11.4. The highest BCUT2D eigenvalue weighted by atomic mass is 16.6. The van der Waals surface area contributed by atoms with E-state index in [1.165, 1.54) is 18.2 Å². The molecule has 0 radical (unpaired) electrons. The van der Waals surface area contributed by atoms with Gasteiger partial charge in [0.1, 0.15) is 17.2 Å². The van der Waals surface area contributed by atoms with E-state index in [0.717, 1.165) is 17.7 Å². The summed E-state index contributed by atoms with van der Waals surface area (Å²) in [5.41, 5.74) is -0.0754. The van der Waals surface area contributed by atoms with Crippen LogP contribution in [0.4, 0.5) is 11.4 Å². The third-order valence-corrected chi connectivity index (χ3v) is 5.48. The van der Waals surface area contributed by atoms with Gasteiger partial charge in [-0.1, -0.05) is 12.8 Å². The fourth-order valence-corrected chi connectivity index (χ4v) is 4.06. The molecular weight excluding hydrogens is 376 g/mol. The van der Waals surface area contributed by atoms with Crippen LogP contribution in [0.15, 0.2) is 42.5 Å². The minimum atomic E-state index is -0.567. The Morgan fingerprint density at radius 3 is 2.07 bits per heavy atom. The number of amides is 2. The van der Waals surface area contributed by atoms with Crippen LogP contribution in [0.3, 0.4) is 0 Å². The van der Waals surface area contributed by atoms with E-state index in [0.29, 0.717) is 24.3 Å². The first-order valence-electron chi connectivity index (χ1n) is 9.47. The molecule has 0 bridgehead atoms. The Hall–Kier alpha value is -3.42. The minimum Gasteiger partial charge on any atom is -0.497 e. The average Bonchev–Trinajstić information content (AvgIpc) is 2.99. The van der Waals surface area contributed by atoms with Crippen LogP contribution in [0.1, 0.15) is 25.7 Å². The highest BCUT2D eigenvalue weighted by molar-refractivity contribution is 6.22. The molecule has 0 spiro atoms. The van der Waals surface area contributed by atoms with Crippen LogP contribution in [-0.2, 0) is 9.59 Å². The molecule has 2 atom stereocenters. The van der Waals surface area contributed by atoms with Crippen LogP contribution in [-0.4, -0.2) is 23.8 Å². The second kappa shape index (κ2) is 7.54. The fourth-order valence-electron chi connectivity index (χ4n) is 4.06. The Bertz CT molecular complexity index is 948. The van der Waals surface area contributed by atoms with Crippen molar-refractivity contribution in [2.24, 2.45) is 11.8 Å². The van der Waals surface area contributed by atoms with Gasteiger partial charge in [0.05, 0.1) is 35.6 Å². The zero-order valence-electron chi connectivity index (χ0n) is 15.9. The molecule has 4 rings (SSSR count). The number of hydrogen-bond donors (Lipinski definition) is 0. The van der Waals surface area contributed by atoms with E-state index in [1.54, 1.807) is 31.4 Å². The lowest BCUT2D eigenvalue weighted by Gasteiger charge is -2.19. The van der Waals surface area contributed by atoms with Crippen molar-refractivity contribution >= 4 is 23.2 Å². The molecule has 2 fully saturated rings. The van der Waals surface area contributed by atoms with Crippen LogP contribution in [0.25, 0.3) is 0 Å². The standard InChI is InChI=1S/C21H20N2O6/c1-28-15-6-8-16(9-7-15)29-17-11-13(10-14(12-17)23(26)27)22-20(24)18-4-2-3-5-19(18)21(22)25/h6-12,18-19H,2-5H2,1H3. The number of carbonyl (C=O) groups excluding carboxylic acids is 2. The van der Waals surface area contributed by atoms with Crippen LogP contribution < -0.4 is 14.4 Å². The van der Waals surface area contributed by atoms with Gasteiger partial charge in [-0.2, -0.15) is 0 Å². The molecule has 2 amide bonds. The smallest absolute Gasteiger partial charge is 0.275 e. The van der Waals surface area contributed by atoms with Crippen LogP contribution in [0.5, 0.6) is 17.2 Å². The van der Waals surface area contributed by atoms with Crippen LogP contribution in [0.2, 0.25) is 0 Å². The molecular formula is C21H20N2O6. The molecule has 1 heterocycles. The number of rotatable bonds is 5. The number of non-ortho nitro benzene ring substituents is 1. The van der Waals surface area contributed by atoms with Crippen molar-refractivity contribution in [2.45, 2.75) is 25.7 Å². The average molecular weight is 396 g/mol. The molecule has 1 aliphatic carbocycles. The Kier molecular flexibility index (Phi) is 4.92. The van der Waals surface area contributed by atoms with Crippen LogP contribution >= 0.6 is 0 Å². The zero-order chi connectivity index (χ0) is 20.5. The van der Waals surface area contributed by atoms with Gasteiger partial charge in [0.2, 0.25) is 11.8 Å². The lowest BCUT2D eigenvalue weighted by Crippen LogP contribution is -2.30. The molecule has 1 saturated carbocycles. The summed E-state index contributed by atoms with van der Waals surface area (Å²) in [7, 11) is 1.55. The number of methoxy groups -OCH3 is 1. The van der Waals surface area contributed by atoms with E-state index in [2.05, 4.69) is 0 Å². The summed E-state index contributed by atoms with van der Waals surface area (Å²) in [4.78, 5) is 37.6. The lowest BCUT2D eigenvalue weighted by atomic mass is 9.81. The summed E-state index contributed by atoms with van der Waals surface area (Å²) in [5.74, 6) is 0.0434. The summed E-state index contributed by atoms with van der Waals surface area (Å²) < 4.78 is 10.8. The topological polar surface area (TPSA) is 99.0 Å². The van der Waals surface area contributed by atoms with Gasteiger partial charge in [0.15, 0.2) is 0 Å². The van der Waals surface area contributed by atoms with Gasteiger partial charge in [0, 0.05) is 12.1 Å². The molecule has 0 aromatic heterocycles. The number of nitrogens with zero attached hydrogens (tertiary/aromatic N) is 2. The van der Waals surface area contributed by atoms with Crippen molar-refractivity contribution in [3.63, 3.8) is 0 Å².